The first-order valence-electron chi connectivity index (χ1n) is 12.1. The molecule has 9 heteroatoms. The van der Waals surface area contributed by atoms with Crippen molar-refractivity contribution < 1.29 is 13.9 Å². The summed E-state index contributed by atoms with van der Waals surface area (Å²) >= 11 is 0. The molecule has 1 unspecified atom stereocenters. The van der Waals surface area contributed by atoms with Crippen LogP contribution in [-0.2, 0) is 4.74 Å². The molecular weight excluding hydrogens is 533 g/mol. The second-order valence-electron chi connectivity index (χ2n) is 9.87. The molecule has 3 rings (SSSR count). The van der Waals surface area contributed by atoms with E-state index in [0.717, 1.165) is 63.8 Å². The Morgan fingerprint density at radius 1 is 1.18 bits per heavy atom. The molecule has 1 aromatic heterocycles. The zero-order valence-electron chi connectivity index (χ0n) is 20.6. The van der Waals surface area contributed by atoms with Crippen LogP contribution in [0.1, 0.15) is 64.7 Å². The molecule has 1 aromatic rings. The Kier molecular flexibility index (Phi) is 11.3. The van der Waals surface area contributed by atoms with Gasteiger partial charge in [-0.25, -0.2) is 4.79 Å². The van der Waals surface area contributed by atoms with Crippen molar-refractivity contribution in [2.45, 2.75) is 64.5 Å². The lowest BCUT2D eigenvalue weighted by atomic mass is 9.97. The maximum Gasteiger partial charge on any atom is 0.410 e. The summed E-state index contributed by atoms with van der Waals surface area (Å²) < 4.78 is 11.2. The van der Waals surface area contributed by atoms with Gasteiger partial charge in [0.25, 0.3) is 0 Å². The zero-order chi connectivity index (χ0) is 23.0. The van der Waals surface area contributed by atoms with Gasteiger partial charge in [-0.15, -0.1) is 24.0 Å². The van der Waals surface area contributed by atoms with Gasteiger partial charge in [0, 0.05) is 33.2 Å². The molecule has 0 aromatic carbocycles. The van der Waals surface area contributed by atoms with Crippen LogP contribution in [0.5, 0.6) is 0 Å². The van der Waals surface area contributed by atoms with E-state index in [-0.39, 0.29) is 36.1 Å². The van der Waals surface area contributed by atoms with Crippen LogP contribution in [0.25, 0.3) is 0 Å². The van der Waals surface area contributed by atoms with E-state index >= 15 is 0 Å². The molecule has 33 heavy (non-hydrogen) atoms. The lowest BCUT2D eigenvalue weighted by Gasteiger charge is -2.34. The number of nitrogens with zero attached hydrogens (tertiary/aromatic N) is 3. The highest BCUT2D eigenvalue weighted by molar-refractivity contribution is 14.0. The molecule has 0 saturated carbocycles. The Morgan fingerprint density at radius 3 is 2.45 bits per heavy atom. The van der Waals surface area contributed by atoms with Gasteiger partial charge in [-0.3, -0.25) is 9.89 Å². The number of likely N-dealkylation sites (tertiary alicyclic amines) is 2. The summed E-state index contributed by atoms with van der Waals surface area (Å²) in [6.07, 6.45) is 7.27. The molecule has 0 spiro atoms. The minimum atomic E-state index is -0.449. The number of hydrogen-bond acceptors (Lipinski definition) is 5. The van der Waals surface area contributed by atoms with Crippen molar-refractivity contribution in [3.63, 3.8) is 0 Å². The first kappa shape index (κ1) is 27.8. The fraction of sp³-hybridized carbons (Fsp3) is 0.750. The summed E-state index contributed by atoms with van der Waals surface area (Å²) in [5.74, 6) is 2.33. The number of amides is 1. The standard InChI is InChI=1S/C24H41N5O3.HI/c1-24(2,3)32-23(30)29-14-10-19(11-15-29)17-26-22(25-4)27-18-20(21-9-8-16-31-21)28-12-6-5-7-13-28;/h8-9,16,19-20H,5-7,10-15,17-18H2,1-4H3,(H2,25,26,27);1H. The Morgan fingerprint density at radius 2 is 1.88 bits per heavy atom. The molecule has 188 valence electrons. The average Bonchev–Trinajstić information content (AvgIpc) is 3.30. The molecule has 2 aliphatic rings. The van der Waals surface area contributed by atoms with E-state index < -0.39 is 5.60 Å². The lowest BCUT2D eigenvalue weighted by molar-refractivity contribution is 0.0185. The van der Waals surface area contributed by atoms with Crippen LogP contribution in [-0.4, -0.2) is 73.8 Å². The topological polar surface area (TPSA) is 82.3 Å². The molecule has 3 heterocycles. The van der Waals surface area contributed by atoms with Crippen molar-refractivity contribution in [3.8, 4) is 0 Å². The van der Waals surface area contributed by atoms with E-state index in [4.69, 9.17) is 9.15 Å². The second-order valence-corrected chi connectivity index (χ2v) is 9.87. The van der Waals surface area contributed by atoms with Gasteiger partial charge in [-0.2, -0.15) is 0 Å². The number of halogens is 1. The van der Waals surface area contributed by atoms with Crippen LogP contribution < -0.4 is 10.6 Å². The van der Waals surface area contributed by atoms with Crippen LogP contribution in [0, 0.1) is 5.92 Å². The molecule has 2 fully saturated rings. The van der Waals surface area contributed by atoms with Crippen molar-refractivity contribution in [2.24, 2.45) is 10.9 Å². The molecule has 1 amide bonds. The minimum absolute atomic E-state index is 0. The lowest BCUT2D eigenvalue weighted by Crippen LogP contribution is -2.47. The van der Waals surface area contributed by atoms with E-state index in [1.165, 1.54) is 19.3 Å². The van der Waals surface area contributed by atoms with Crippen LogP contribution in [0.15, 0.2) is 27.8 Å². The molecule has 2 aliphatic heterocycles. The number of carbonyl (C=O) groups excluding carboxylic acids is 1. The molecule has 8 nitrogen and oxygen atoms in total. The maximum absolute atomic E-state index is 12.3. The number of rotatable bonds is 6. The summed E-state index contributed by atoms with van der Waals surface area (Å²) in [5, 5.41) is 6.98. The largest absolute Gasteiger partial charge is 0.468 e. The van der Waals surface area contributed by atoms with Crippen molar-refractivity contribution in [1.82, 2.24) is 20.4 Å². The summed E-state index contributed by atoms with van der Waals surface area (Å²) in [7, 11) is 1.81. The highest BCUT2D eigenvalue weighted by atomic mass is 127. The average molecular weight is 576 g/mol. The molecule has 1 atom stereocenters. The third-order valence-corrected chi connectivity index (χ3v) is 6.21. The molecule has 2 saturated heterocycles. The van der Waals surface area contributed by atoms with Gasteiger partial charge in [0.1, 0.15) is 11.4 Å². The number of aliphatic imine (C=N–C) groups is 1. The number of ether oxygens (including phenoxy) is 1. The minimum Gasteiger partial charge on any atom is -0.468 e. The molecule has 2 N–H and O–H groups in total. The first-order valence-corrected chi connectivity index (χ1v) is 12.1. The van der Waals surface area contributed by atoms with Crippen LogP contribution >= 0.6 is 24.0 Å². The highest BCUT2D eigenvalue weighted by Crippen LogP contribution is 2.24. The summed E-state index contributed by atoms with van der Waals surface area (Å²) in [4.78, 5) is 21.0. The Hall–Kier alpha value is -1.49. The first-order chi connectivity index (χ1) is 15.4. The van der Waals surface area contributed by atoms with E-state index in [2.05, 4.69) is 26.6 Å². The molecule has 0 bridgehead atoms. The summed E-state index contributed by atoms with van der Waals surface area (Å²) in [6, 6.07) is 4.24. The van der Waals surface area contributed by atoms with E-state index in [1.807, 2.05) is 38.8 Å². The summed E-state index contributed by atoms with van der Waals surface area (Å²) in [6.45, 7) is 11.0. The van der Waals surface area contributed by atoms with E-state index in [0.29, 0.717) is 5.92 Å². The van der Waals surface area contributed by atoms with Crippen LogP contribution in [0.4, 0.5) is 4.79 Å². The zero-order valence-corrected chi connectivity index (χ0v) is 23.0. The fourth-order valence-corrected chi connectivity index (χ4v) is 4.42. The van der Waals surface area contributed by atoms with Gasteiger partial charge in [0.05, 0.1) is 12.3 Å². The normalized spacial score (nSPS) is 19.5. The highest BCUT2D eigenvalue weighted by Gasteiger charge is 2.27. The number of carbonyl (C=O) groups is 1. The summed E-state index contributed by atoms with van der Waals surface area (Å²) in [5.41, 5.74) is -0.449. The quantitative estimate of drug-likeness (QED) is 0.300. The van der Waals surface area contributed by atoms with Crippen molar-refractivity contribution >= 4 is 36.0 Å². The Bertz CT molecular complexity index is 721. The van der Waals surface area contributed by atoms with Crippen LogP contribution in [0.3, 0.4) is 0 Å². The van der Waals surface area contributed by atoms with Gasteiger partial charge in [0.2, 0.25) is 0 Å². The number of nitrogens with one attached hydrogen (secondary N) is 2. The number of piperidine rings is 2. The van der Waals surface area contributed by atoms with Gasteiger partial charge >= 0.3 is 6.09 Å². The van der Waals surface area contributed by atoms with Gasteiger partial charge in [0.15, 0.2) is 5.96 Å². The predicted molar refractivity (Wildman–Crippen MR) is 142 cm³/mol. The third kappa shape index (κ3) is 8.99. The van der Waals surface area contributed by atoms with Crippen molar-refractivity contribution in [2.75, 3.05) is 46.3 Å². The van der Waals surface area contributed by atoms with Gasteiger partial charge < -0.3 is 24.7 Å². The Balaban J connectivity index is 0.00000385. The molecule has 0 aliphatic carbocycles. The fourth-order valence-electron chi connectivity index (χ4n) is 4.42. The second kappa shape index (κ2) is 13.4. The van der Waals surface area contributed by atoms with Crippen LogP contribution in [0.2, 0.25) is 0 Å². The SMILES string of the molecule is CN=C(NCC1CCN(C(=O)OC(C)(C)C)CC1)NCC(c1ccco1)N1CCCCC1.I. The van der Waals surface area contributed by atoms with E-state index in [1.54, 1.807) is 6.26 Å². The molecule has 0 radical (unpaired) electrons. The van der Waals surface area contributed by atoms with Gasteiger partial charge in [-0.1, -0.05) is 6.42 Å². The monoisotopic (exact) mass is 575 g/mol. The third-order valence-electron chi connectivity index (χ3n) is 6.21. The number of guanidine groups is 1. The van der Waals surface area contributed by atoms with E-state index in [9.17, 15) is 4.79 Å². The number of hydrogen-bond donors (Lipinski definition) is 2. The van der Waals surface area contributed by atoms with Crippen molar-refractivity contribution in [1.29, 1.82) is 0 Å². The van der Waals surface area contributed by atoms with Gasteiger partial charge in [-0.05, 0) is 77.6 Å². The number of furan rings is 1. The Labute approximate surface area is 215 Å². The maximum atomic E-state index is 12.3. The molecular formula is C24H42IN5O3. The smallest absolute Gasteiger partial charge is 0.410 e. The predicted octanol–water partition coefficient (Wildman–Crippen LogP) is 4.24. The van der Waals surface area contributed by atoms with Crippen molar-refractivity contribution in [3.05, 3.63) is 24.2 Å².